The van der Waals surface area contributed by atoms with Crippen LogP contribution in [0.25, 0.3) is 0 Å². The average Bonchev–Trinajstić information content (AvgIpc) is 2.82. The van der Waals surface area contributed by atoms with Gasteiger partial charge in [-0.3, -0.25) is 0 Å². The Bertz CT molecular complexity index is 546. The average molecular weight is 480 g/mol. The summed E-state index contributed by atoms with van der Waals surface area (Å²) in [6.07, 6.45) is 23.6. The van der Waals surface area contributed by atoms with Crippen LogP contribution >= 0.6 is 11.6 Å². The Balaban J connectivity index is 2.58. The summed E-state index contributed by atoms with van der Waals surface area (Å²) in [5.74, 6) is 0.860. The molecule has 1 aromatic rings. The molecule has 0 bridgehead atoms. The number of halogens is 1. The van der Waals surface area contributed by atoms with Crippen LogP contribution < -0.4 is 9.64 Å². The zero-order chi connectivity index (χ0) is 24.0. The summed E-state index contributed by atoms with van der Waals surface area (Å²) < 4.78 is 6.12. The van der Waals surface area contributed by atoms with Gasteiger partial charge in [0, 0.05) is 13.1 Å². The maximum absolute atomic E-state index is 6.88. The molecule has 0 saturated carbocycles. The van der Waals surface area contributed by atoms with Crippen molar-refractivity contribution in [1.29, 1.82) is 0 Å². The number of anilines is 1. The number of ether oxygens (including phenoxy) is 1. The lowest BCUT2D eigenvalue weighted by atomic mass is 10.1. The van der Waals surface area contributed by atoms with Gasteiger partial charge in [-0.2, -0.15) is 0 Å². The third-order valence-corrected chi connectivity index (χ3v) is 6.98. The van der Waals surface area contributed by atoms with Crippen LogP contribution in [0.15, 0.2) is 18.2 Å². The zero-order valence-corrected chi connectivity index (χ0v) is 23.1. The van der Waals surface area contributed by atoms with E-state index in [1.165, 1.54) is 115 Å². The van der Waals surface area contributed by atoms with Crippen molar-refractivity contribution >= 4 is 17.3 Å². The van der Waals surface area contributed by atoms with Gasteiger partial charge in [0.25, 0.3) is 0 Å². The molecule has 0 saturated heterocycles. The first kappa shape index (κ1) is 30.1. The van der Waals surface area contributed by atoms with Gasteiger partial charge < -0.3 is 9.64 Å². The van der Waals surface area contributed by atoms with Gasteiger partial charge in [-0.1, -0.05) is 135 Å². The summed E-state index contributed by atoms with van der Waals surface area (Å²) in [6.45, 7) is 9.80. The van der Waals surface area contributed by atoms with Crippen molar-refractivity contribution in [3.8, 4) is 5.75 Å². The van der Waals surface area contributed by atoms with Gasteiger partial charge in [-0.15, -0.1) is 0 Å². The SMILES string of the molecule is CCCCCCCCOc1cccc(N(CCCCCCCC)CCCCCCCC)c1Cl. The molecule has 0 aromatic heterocycles. The molecule has 0 aliphatic heterocycles. The zero-order valence-electron chi connectivity index (χ0n) is 22.3. The first-order chi connectivity index (χ1) is 16.2. The van der Waals surface area contributed by atoms with Crippen LogP contribution in [0.1, 0.15) is 136 Å². The van der Waals surface area contributed by atoms with Gasteiger partial charge in [0.2, 0.25) is 0 Å². The van der Waals surface area contributed by atoms with E-state index in [0.717, 1.165) is 36.9 Å². The summed E-state index contributed by atoms with van der Waals surface area (Å²) in [7, 11) is 0. The molecule has 192 valence electrons. The minimum Gasteiger partial charge on any atom is -0.492 e. The summed E-state index contributed by atoms with van der Waals surface area (Å²) >= 11 is 6.88. The first-order valence-corrected chi connectivity index (χ1v) is 14.8. The fraction of sp³-hybridized carbons (Fsp3) is 0.800. The monoisotopic (exact) mass is 479 g/mol. The second kappa shape index (κ2) is 21.6. The van der Waals surface area contributed by atoms with Crippen molar-refractivity contribution in [3.05, 3.63) is 23.2 Å². The van der Waals surface area contributed by atoms with E-state index in [2.05, 4.69) is 37.8 Å². The molecule has 0 amide bonds. The lowest BCUT2D eigenvalue weighted by molar-refractivity contribution is 0.304. The first-order valence-electron chi connectivity index (χ1n) is 14.4. The molecule has 1 rings (SSSR count). The van der Waals surface area contributed by atoms with Crippen LogP contribution in [0.4, 0.5) is 5.69 Å². The van der Waals surface area contributed by atoms with E-state index in [9.17, 15) is 0 Å². The Hall–Kier alpha value is -0.890. The standard InChI is InChI=1S/C30H54ClNO/c1-4-7-10-13-16-19-25-32(26-20-17-14-11-8-5-2)28-23-22-24-29(30(28)31)33-27-21-18-15-12-9-6-3/h22-24H,4-21,25-27H2,1-3H3. The van der Waals surface area contributed by atoms with Crippen molar-refractivity contribution in [2.45, 2.75) is 136 Å². The third-order valence-electron chi connectivity index (χ3n) is 6.60. The third kappa shape index (κ3) is 14.9. The Morgan fingerprint density at radius 2 is 1.06 bits per heavy atom. The fourth-order valence-corrected chi connectivity index (χ4v) is 4.74. The van der Waals surface area contributed by atoms with Crippen LogP contribution in [0.5, 0.6) is 5.75 Å². The van der Waals surface area contributed by atoms with E-state index in [1.807, 2.05) is 6.07 Å². The van der Waals surface area contributed by atoms with Crippen molar-refractivity contribution < 1.29 is 4.74 Å². The molecule has 0 aliphatic carbocycles. The summed E-state index contributed by atoms with van der Waals surface area (Å²) in [5, 5.41) is 0.806. The van der Waals surface area contributed by atoms with E-state index >= 15 is 0 Å². The van der Waals surface area contributed by atoms with Crippen LogP contribution in [-0.2, 0) is 0 Å². The van der Waals surface area contributed by atoms with Gasteiger partial charge in [0.05, 0.1) is 12.3 Å². The highest BCUT2D eigenvalue weighted by Crippen LogP contribution is 2.35. The lowest BCUT2D eigenvalue weighted by Crippen LogP contribution is -2.26. The van der Waals surface area contributed by atoms with E-state index in [4.69, 9.17) is 16.3 Å². The van der Waals surface area contributed by atoms with E-state index in [1.54, 1.807) is 0 Å². The topological polar surface area (TPSA) is 12.5 Å². The molecule has 33 heavy (non-hydrogen) atoms. The van der Waals surface area contributed by atoms with Gasteiger partial charge in [0.15, 0.2) is 0 Å². The predicted octanol–water partition coefficient (Wildman–Crippen LogP) is 10.6. The summed E-state index contributed by atoms with van der Waals surface area (Å²) in [5.41, 5.74) is 1.17. The number of benzene rings is 1. The van der Waals surface area contributed by atoms with Crippen LogP contribution in [-0.4, -0.2) is 19.7 Å². The highest BCUT2D eigenvalue weighted by atomic mass is 35.5. The molecule has 3 heteroatoms. The lowest BCUT2D eigenvalue weighted by Gasteiger charge is -2.27. The Kier molecular flexibility index (Phi) is 19.8. The van der Waals surface area contributed by atoms with Crippen molar-refractivity contribution in [2.75, 3.05) is 24.6 Å². The molecular weight excluding hydrogens is 426 g/mol. The number of hydrogen-bond donors (Lipinski definition) is 0. The number of unbranched alkanes of at least 4 members (excludes halogenated alkanes) is 15. The Morgan fingerprint density at radius 3 is 1.58 bits per heavy atom. The second-order valence-corrected chi connectivity index (χ2v) is 10.1. The van der Waals surface area contributed by atoms with E-state index < -0.39 is 0 Å². The number of hydrogen-bond acceptors (Lipinski definition) is 2. The summed E-state index contributed by atoms with van der Waals surface area (Å²) in [6, 6.07) is 6.35. The normalized spacial score (nSPS) is 11.2. The molecule has 0 spiro atoms. The molecule has 2 nitrogen and oxygen atoms in total. The largest absolute Gasteiger partial charge is 0.492 e. The van der Waals surface area contributed by atoms with Gasteiger partial charge in [-0.25, -0.2) is 0 Å². The molecule has 0 aliphatic rings. The number of rotatable bonds is 23. The van der Waals surface area contributed by atoms with Crippen LogP contribution in [0.2, 0.25) is 5.02 Å². The minimum atomic E-state index is 0.768. The van der Waals surface area contributed by atoms with E-state index in [0.29, 0.717) is 0 Å². The van der Waals surface area contributed by atoms with Gasteiger partial charge in [0.1, 0.15) is 10.8 Å². The van der Waals surface area contributed by atoms with Crippen LogP contribution in [0, 0.1) is 0 Å². The molecule has 0 atom stereocenters. The molecule has 0 unspecified atom stereocenters. The smallest absolute Gasteiger partial charge is 0.140 e. The molecule has 1 aromatic carbocycles. The quantitative estimate of drug-likeness (QED) is 0.145. The van der Waals surface area contributed by atoms with E-state index in [-0.39, 0.29) is 0 Å². The molecular formula is C30H54ClNO. The van der Waals surface area contributed by atoms with Crippen molar-refractivity contribution in [1.82, 2.24) is 0 Å². The maximum Gasteiger partial charge on any atom is 0.140 e. The molecule has 0 heterocycles. The summed E-state index contributed by atoms with van der Waals surface area (Å²) in [4.78, 5) is 2.53. The van der Waals surface area contributed by atoms with Crippen molar-refractivity contribution in [2.24, 2.45) is 0 Å². The van der Waals surface area contributed by atoms with Gasteiger partial charge in [-0.05, 0) is 31.4 Å². The Labute approximate surface area is 211 Å². The highest BCUT2D eigenvalue weighted by molar-refractivity contribution is 6.34. The molecule has 0 fully saturated rings. The minimum absolute atomic E-state index is 0.768. The maximum atomic E-state index is 6.88. The Morgan fingerprint density at radius 1 is 0.606 bits per heavy atom. The second-order valence-electron chi connectivity index (χ2n) is 9.73. The predicted molar refractivity (Wildman–Crippen MR) is 149 cm³/mol. The van der Waals surface area contributed by atoms with Gasteiger partial charge >= 0.3 is 0 Å². The number of nitrogens with zero attached hydrogens (tertiary/aromatic N) is 1. The highest BCUT2D eigenvalue weighted by Gasteiger charge is 2.14. The van der Waals surface area contributed by atoms with Crippen molar-refractivity contribution in [3.63, 3.8) is 0 Å². The van der Waals surface area contributed by atoms with Crippen LogP contribution in [0.3, 0.4) is 0 Å². The molecule has 0 radical (unpaired) electrons. The fourth-order valence-electron chi connectivity index (χ4n) is 4.44. The molecule has 0 N–H and O–H groups in total.